The van der Waals surface area contributed by atoms with Crippen molar-refractivity contribution >= 4 is 23.7 Å². The van der Waals surface area contributed by atoms with Gasteiger partial charge in [-0.2, -0.15) is 0 Å². The van der Waals surface area contributed by atoms with Gasteiger partial charge in [-0.25, -0.2) is 4.79 Å². The summed E-state index contributed by atoms with van der Waals surface area (Å²) in [6, 6.07) is -2.80. The van der Waals surface area contributed by atoms with Gasteiger partial charge in [-0.1, -0.05) is 27.7 Å². The first-order chi connectivity index (χ1) is 14.0. The van der Waals surface area contributed by atoms with Crippen molar-refractivity contribution in [3.05, 3.63) is 0 Å². The van der Waals surface area contributed by atoms with E-state index in [9.17, 15) is 24.3 Å². The number of carboxylic acids is 1. The summed E-state index contributed by atoms with van der Waals surface area (Å²) in [5.41, 5.74) is 10.8. The minimum atomic E-state index is -1.12. The molecule has 0 aliphatic heterocycles. The lowest BCUT2D eigenvalue weighted by molar-refractivity contribution is -0.143. The summed E-state index contributed by atoms with van der Waals surface area (Å²) in [6.45, 7) is 7.72. The molecule has 30 heavy (non-hydrogen) atoms. The highest BCUT2D eigenvalue weighted by atomic mass is 16.4. The first-order valence-corrected chi connectivity index (χ1v) is 10.5. The van der Waals surface area contributed by atoms with Crippen molar-refractivity contribution in [3.63, 3.8) is 0 Å². The van der Waals surface area contributed by atoms with Crippen LogP contribution >= 0.6 is 0 Å². The Hall–Kier alpha value is -2.20. The van der Waals surface area contributed by atoms with E-state index < -0.39 is 41.8 Å². The normalized spacial score (nSPS) is 14.1. The smallest absolute Gasteiger partial charge is 0.326 e. The lowest BCUT2D eigenvalue weighted by Crippen LogP contribution is -2.56. The monoisotopic (exact) mass is 429 g/mol. The van der Waals surface area contributed by atoms with Gasteiger partial charge in [0.15, 0.2) is 0 Å². The summed E-state index contributed by atoms with van der Waals surface area (Å²) in [4.78, 5) is 48.7. The Bertz CT molecular complexity index is 568. The zero-order chi connectivity index (χ0) is 23.3. The maximum Gasteiger partial charge on any atom is 0.326 e. The van der Waals surface area contributed by atoms with E-state index in [0.29, 0.717) is 32.2 Å². The first-order valence-electron chi connectivity index (χ1n) is 10.5. The summed E-state index contributed by atoms with van der Waals surface area (Å²) in [5, 5.41) is 17.1. The zero-order valence-corrected chi connectivity index (χ0v) is 18.6. The molecule has 10 heteroatoms. The summed E-state index contributed by atoms with van der Waals surface area (Å²) in [7, 11) is 0. The maximum atomic E-state index is 12.8. The molecular formula is C20H39N5O5. The Morgan fingerprint density at radius 1 is 0.767 bits per heavy atom. The second kappa shape index (κ2) is 14.7. The standard InChI is InChI=1S/C20H39N5O5/c1-12(2)9-15(19(28)25-16(20(29)30)10-13(3)4)24-18(27)14(7-5-6-8-21)23-17(26)11-22/h12-16H,5-11,21-22H2,1-4H3,(H,23,26)(H,24,27)(H,25,28)(H,29,30). The second-order valence-electron chi connectivity index (χ2n) is 8.33. The third kappa shape index (κ3) is 11.7. The number of amides is 3. The molecule has 174 valence electrons. The molecule has 0 aromatic heterocycles. The highest BCUT2D eigenvalue weighted by Gasteiger charge is 2.30. The molecule has 3 unspecified atom stereocenters. The number of carbonyl (C=O) groups excluding carboxylic acids is 3. The lowest BCUT2D eigenvalue weighted by atomic mass is 10.00. The van der Waals surface area contributed by atoms with Crippen molar-refractivity contribution in [2.24, 2.45) is 23.3 Å². The number of carbonyl (C=O) groups is 4. The number of rotatable bonds is 15. The molecule has 0 rings (SSSR count). The van der Waals surface area contributed by atoms with Gasteiger partial charge in [0.05, 0.1) is 6.54 Å². The summed E-state index contributed by atoms with van der Waals surface area (Å²) in [6.07, 6.45) is 2.27. The van der Waals surface area contributed by atoms with Crippen LogP contribution < -0.4 is 27.4 Å². The van der Waals surface area contributed by atoms with Crippen LogP contribution in [0.15, 0.2) is 0 Å². The highest BCUT2D eigenvalue weighted by Crippen LogP contribution is 2.10. The third-order valence-electron chi connectivity index (χ3n) is 4.45. The van der Waals surface area contributed by atoms with Gasteiger partial charge in [0.2, 0.25) is 17.7 Å². The van der Waals surface area contributed by atoms with E-state index in [1.807, 2.05) is 27.7 Å². The van der Waals surface area contributed by atoms with Gasteiger partial charge >= 0.3 is 5.97 Å². The van der Waals surface area contributed by atoms with Crippen LogP contribution in [0.4, 0.5) is 0 Å². The third-order valence-corrected chi connectivity index (χ3v) is 4.45. The molecule has 3 atom stereocenters. The van der Waals surface area contributed by atoms with Crippen LogP contribution in [0.25, 0.3) is 0 Å². The van der Waals surface area contributed by atoms with Gasteiger partial charge < -0.3 is 32.5 Å². The van der Waals surface area contributed by atoms with E-state index in [4.69, 9.17) is 11.5 Å². The quantitative estimate of drug-likeness (QED) is 0.194. The van der Waals surface area contributed by atoms with Crippen molar-refractivity contribution in [2.75, 3.05) is 13.1 Å². The lowest BCUT2D eigenvalue weighted by Gasteiger charge is -2.26. The molecule has 8 N–H and O–H groups in total. The van der Waals surface area contributed by atoms with E-state index in [0.717, 1.165) is 0 Å². The van der Waals surface area contributed by atoms with E-state index >= 15 is 0 Å². The molecule has 3 amide bonds. The molecule has 0 aliphatic carbocycles. The number of aliphatic carboxylic acids is 1. The predicted octanol–water partition coefficient (Wildman–Crippen LogP) is -0.295. The van der Waals surface area contributed by atoms with Crippen molar-refractivity contribution < 1.29 is 24.3 Å². The molecule has 10 nitrogen and oxygen atoms in total. The fourth-order valence-corrected chi connectivity index (χ4v) is 2.96. The molecular weight excluding hydrogens is 390 g/mol. The van der Waals surface area contributed by atoms with Gasteiger partial charge in [0, 0.05) is 0 Å². The van der Waals surface area contributed by atoms with E-state index in [2.05, 4.69) is 16.0 Å². The van der Waals surface area contributed by atoms with E-state index in [1.165, 1.54) is 0 Å². The Kier molecular flexibility index (Phi) is 13.7. The molecule has 0 radical (unpaired) electrons. The first kappa shape index (κ1) is 27.8. The summed E-state index contributed by atoms with van der Waals surface area (Å²) in [5.74, 6) is -2.52. The fraction of sp³-hybridized carbons (Fsp3) is 0.800. The Labute approximate surface area is 178 Å². The topological polar surface area (TPSA) is 177 Å². The van der Waals surface area contributed by atoms with Crippen LogP contribution in [-0.2, 0) is 19.2 Å². The number of carboxylic acid groups (broad SMARTS) is 1. The van der Waals surface area contributed by atoms with Gasteiger partial charge in [-0.3, -0.25) is 14.4 Å². The van der Waals surface area contributed by atoms with Crippen LogP contribution in [-0.4, -0.2) is 60.0 Å². The average Bonchev–Trinajstić information content (AvgIpc) is 2.65. The Balaban J connectivity index is 5.32. The largest absolute Gasteiger partial charge is 0.480 e. The number of hydrogen-bond donors (Lipinski definition) is 6. The molecule has 0 aliphatic rings. The van der Waals surface area contributed by atoms with Crippen LogP contribution in [0.5, 0.6) is 0 Å². The van der Waals surface area contributed by atoms with Crippen molar-refractivity contribution in [1.29, 1.82) is 0 Å². The molecule has 0 bridgehead atoms. The minimum absolute atomic E-state index is 0.0722. The minimum Gasteiger partial charge on any atom is -0.480 e. The number of unbranched alkanes of at least 4 members (excludes halogenated alkanes) is 1. The van der Waals surface area contributed by atoms with Gasteiger partial charge in [-0.15, -0.1) is 0 Å². The molecule has 0 aromatic rings. The average molecular weight is 430 g/mol. The second-order valence-corrected chi connectivity index (χ2v) is 8.33. The number of nitrogens with two attached hydrogens (primary N) is 2. The molecule has 0 aromatic carbocycles. The highest BCUT2D eigenvalue weighted by molar-refractivity contribution is 5.93. The van der Waals surface area contributed by atoms with Crippen LogP contribution in [0.3, 0.4) is 0 Å². The van der Waals surface area contributed by atoms with Gasteiger partial charge in [0.25, 0.3) is 0 Å². The molecule has 0 spiro atoms. The van der Waals surface area contributed by atoms with Crippen molar-refractivity contribution in [3.8, 4) is 0 Å². The molecule has 0 saturated heterocycles. The van der Waals surface area contributed by atoms with E-state index in [1.54, 1.807) is 0 Å². The molecule has 0 fully saturated rings. The zero-order valence-electron chi connectivity index (χ0n) is 18.6. The fourth-order valence-electron chi connectivity index (χ4n) is 2.96. The predicted molar refractivity (Wildman–Crippen MR) is 114 cm³/mol. The summed E-state index contributed by atoms with van der Waals surface area (Å²) < 4.78 is 0. The molecule has 0 heterocycles. The summed E-state index contributed by atoms with van der Waals surface area (Å²) >= 11 is 0. The van der Waals surface area contributed by atoms with Crippen LogP contribution in [0, 0.1) is 11.8 Å². The van der Waals surface area contributed by atoms with Gasteiger partial charge in [-0.05, 0) is 50.5 Å². The van der Waals surface area contributed by atoms with E-state index in [-0.39, 0.29) is 24.8 Å². The number of hydrogen-bond acceptors (Lipinski definition) is 6. The van der Waals surface area contributed by atoms with Crippen molar-refractivity contribution in [1.82, 2.24) is 16.0 Å². The van der Waals surface area contributed by atoms with Crippen LogP contribution in [0.1, 0.15) is 59.8 Å². The van der Waals surface area contributed by atoms with Crippen LogP contribution in [0.2, 0.25) is 0 Å². The number of nitrogens with one attached hydrogen (secondary N) is 3. The Morgan fingerprint density at radius 2 is 1.27 bits per heavy atom. The molecule has 0 saturated carbocycles. The maximum absolute atomic E-state index is 12.8. The Morgan fingerprint density at radius 3 is 1.73 bits per heavy atom. The van der Waals surface area contributed by atoms with Crippen molar-refractivity contribution in [2.45, 2.75) is 77.9 Å². The SMILES string of the molecule is CC(C)CC(NC(=O)C(CC(C)C)NC(=O)C(CCCCN)NC(=O)CN)C(=O)O. The van der Waals surface area contributed by atoms with Gasteiger partial charge in [0.1, 0.15) is 18.1 Å².